The highest BCUT2D eigenvalue weighted by Crippen LogP contribution is 2.30. The van der Waals surface area contributed by atoms with Crippen molar-refractivity contribution in [2.45, 2.75) is 13.3 Å². The second-order valence-corrected chi connectivity index (χ2v) is 8.00. The molecule has 0 bridgehead atoms. The largest absolute Gasteiger partial charge is 0.275 e. The molecule has 0 aliphatic carbocycles. The van der Waals surface area contributed by atoms with E-state index in [9.17, 15) is 0 Å². The fraction of sp³-hybridized carbons (Fsp3) is 0.0667. The van der Waals surface area contributed by atoms with Crippen molar-refractivity contribution in [1.82, 2.24) is 14.8 Å². The average molecular weight is 428 g/mol. The van der Waals surface area contributed by atoms with E-state index in [0.29, 0.717) is 0 Å². The molecule has 0 unspecified atom stereocenters. The summed E-state index contributed by atoms with van der Waals surface area (Å²) < 4.78 is 2.13. The lowest BCUT2D eigenvalue weighted by molar-refractivity contribution is 1.07. The van der Waals surface area contributed by atoms with Crippen LogP contribution in [0, 0.1) is 0 Å². The molecule has 33 heavy (non-hydrogen) atoms. The van der Waals surface area contributed by atoms with Gasteiger partial charge in [-0.15, -0.1) is 10.2 Å². The maximum atomic E-state index is 4.61. The monoisotopic (exact) mass is 427 g/mol. The minimum atomic E-state index is 0.817. The van der Waals surface area contributed by atoms with Gasteiger partial charge in [0.15, 0.2) is 11.6 Å². The summed E-state index contributed by atoms with van der Waals surface area (Å²) in [4.78, 5) is 0. The maximum Gasteiger partial charge on any atom is 0.168 e. The van der Waals surface area contributed by atoms with E-state index in [2.05, 4.69) is 113 Å². The molecule has 1 aromatic heterocycles. The molecular weight excluding hydrogens is 402 g/mol. The Hall–Kier alpha value is -4.24. The van der Waals surface area contributed by atoms with Crippen LogP contribution >= 0.6 is 0 Å². The molecular formula is C30H25N3. The van der Waals surface area contributed by atoms with Crippen LogP contribution in [0.2, 0.25) is 0 Å². The van der Waals surface area contributed by atoms with Gasteiger partial charge in [-0.1, -0.05) is 111 Å². The zero-order chi connectivity index (χ0) is 22.6. The van der Waals surface area contributed by atoms with Crippen LogP contribution in [0.1, 0.15) is 18.9 Å². The predicted molar refractivity (Wildman–Crippen MR) is 137 cm³/mol. The molecule has 0 aliphatic rings. The highest BCUT2D eigenvalue weighted by Gasteiger charge is 2.17. The number of aromatic nitrogens is 3. The molecule has 0 radical (unpaired) electrons. The molecule has 0 saturated heterocycles. The molecule has 0 fully saturated rings. The van der Waals surface area contributed by atoms with Gasteiger partial charge in [-0.05, 0) is 40.8 Å². The van der Waals surface area contributed by atoms with Gasteiger partial charge in [0.2, 0.25) is 0 Å². The molecule has 160 valence electrons. The van der Waals surface area contributed by atoms with Gasteiger partial charge in [0, 0.05) is 16.8 Å². The highest BCUT2D eigenvalue weighted by atomic mass is 15.3. The third-order valence-electron chi connectivity index (χ3n) is 5.91. The Morgan fingerprint density at radius 1 is 0.606 bits per heavy atom. The molecule has 4 aromatic carbocycles. The van der Waals surface area contributed by atoms with Crippen LogP contribution in [-0.2, 0) is 0 Å². The molecule has 1 heterocycles. The summed E-state index contributed by atoms with van der Waals surface area (Å²) in [5.41, 5.74) is 7.73. The van der Waals surface area contributed by atoms with Crippen LogP contribution in [-0.4, -0.2) is 14.8 Å². The Morgan fingerprint density at radius 2 is 1.06 bits per heavy atom. The Bertz CT molecular complexity index is 1360. The van der Waals surface area contributed by atoms with Crippen molar-refractivity contribution < 1.29 is 0 Å². The number of allylic oxidation sites excluding steroid dienone is 1. The van der Waals surface area contributed by atoms with Crippen LogP contribution in [0.4, 0.5) is 0 Å². The molecule has 0 spiro atoms. The van der Waals surface area contributed by atoms with E-state index in [0.717, 1.165) is 46.0 Å². The first-order valence-electron chi connectivity index (χ1n) is 11.2. The first-order valence-corrected chi connectivity index (χ1v) is 11.2. The van der Waals surface area contributed by atoms with Gasteiger partial charge in [0.25, 0.3) is 0 Å². The fourth-order valence-corrected chi connectivity index (χ4v) is 3.98. The fourth-order valence-electron chi connectivity index (χ4n) is 3.98. The van der Waals surface area contributed by atoms with E-state index in [1.807, 2.05) is 24.3 Å². The zero-order valence-electron chi connectivity index (χ0n) is 18.6. The van der Waals surface area contributed by atoms with Crippen LogP contribution in [0.15, 0.2) is 116 Å². The lowest BCUT2D eigenvalue weighted by Crippen LogP contribution is -2.00. The van der Waals surface area contributed by atoms with E-state index >= 15 is 0 Å². The summed E-state index contributed by atoms with van der Waals surface area (Å²) >= 11 is 0. The predicted octanol–water partition coefficient (Wildman–Crippen LogP) is 7.69. The third kappa shape index (κ3) is 4.13. The maximum absolute atomic E-state index is 4.61. The van der Waals surface area contributed by atoms with Crippen LogP contribution < -0.4 is 0 Å². The Morgan fingerprint density at radius 3 is 1.61 bits per heavy atom. The molecule has 0 N–H and O–H groups in total. The van der Waals surface area contributed by atoms with Crippen molar-refractivity contribution in [1.29, 1.82) is 0 Å². The molecule has 5 rings (SSSR count). The number of hydrogen-bond donors (Lipinski definition) is 0. The van der Waals surface area contributed by atoms with E-state index in [-0.39, 0.29) is 0 Å². The Kier molecular flexibility index (Phi) is 5.69. The number of benzene rings is 4. The summed E-state index contributed by atoms with van der Waals surface area (Å²) in [6.07, 6.45) is 0.933. The second-order valence-electron chi connectivity index (χ2n) is 8.00. The number of nitrogens with zero attached hydrogens (tertiary/aromatic N) is 3. The quantitative estimate of drug-likeness (QED) is 0.278. The van der Waals surface area contributed by atoms with Gasteiger partial charge in [-0.3, -0.25) is 4.57 Å². The molecule has 0 atom stereocenters. The number of rotatable bonds is 6. The summed E-state index contributed by atoms with van der Waals surface area (Å²) in [6.45, 7) is 6.27. The first kappa shape index (κ1) is 20.7. The lowest BCUT2D eigenvalue weighted by atomic mass is 10.0. The molecule has 3 heteroatoms. The van der Waals surface area contributed by atoms with E-state index in [1.54, 1.807) is 0 Å². The number of para-hydroxylation sites is 1. The third-order valence-corrected chi connectivity index (χ3v) is 5.91. The van der Waals surface area contributed by atoms with Crippen LogP contribution in [0.3, 0.4) is 0 Å². The van der Waals surface area contributed by atoms with Crippen molar-refractivity contribution >= 4 is 5.57 Å². The Balaban J connectivity index is 1.59. The molecule has 0 saturated carbocycles. The highest BCUT2D eigenvalue weighted by molar-refractivity contribution is 5.72. The van der Waals surface area contributed by atoms with Gasteiger partial charge < -0.3 is 0 Å². The SMILES string of the molecule is C=C(CC)c1ccc(-c2nnc(-c3ccc(-c4ccccc4)cc3)n2-c2ccccc2)cc1. The normalized spacial score (nSPS) is 10.8. The molecule has 5 aromatic rings. The van der Waals surface area contributed by atoms with Crippen LogP contribution in [0.25, 0.3) is 45.2 Å². The summed E-state index contributed by atoms with van der Waals surface area (Å²) in [7, 11) is 0. The van der Waals surface area contributed by atoms with Crippen molar-refractivity contribution in [2.24, 2.45) is 0 Å². The van der Waals surface area contributed by atoms with E-state index in [1.165, 1.54) is 11.1 Å². The molecule has 3 nitrogen and oxygen atoms in total. The standard InChI is InChI=1S/C30H25N3/c1-3-22(2)23-14-18-26(19-15-23)29-31-32-30(33(29)28-12-8-5-9-13-28)27-20-16-25(17-21-27)24-10-6-4-7-11-24/h4-21H,2-3H2,1H3. The van der Waals surface area contributed by atoms with Crippen molar-refractivity contribution in [3.05, 3.63) is 121 Å². The topological polar surface area (TPSA) is 30.7 Å². The van der Waals surface area contributed by atoms with Gasteiger partial charge in [0.05, 0.1) is 0 Å². The average Bonchev–Trinajstić information content (AvgIpc) is 3.35. The van der Waals surface area contributed by atoms with Crippen molar-refractivity contribution in [2.75, 3.05) is 0 Å². The summed E-state index contributed by atoms with van der Waals surface area (Å²) in [5.74, 6) is 1.63. The smallest absolute Gasteiger partial charge is 0.168 e. The van der Waals surface area contributed by atoms with Gasteiger partial charge in [-0.2, -0.15) is 0 Å². The number of hydrogen-bond acceptors (Lipinski definition) is 2. The van der Waals surface area contributed by atoms with Gasteiger partial charge in [0.1, 0.15) is 0 Å². The van der Waals surface area contributed by atoms with Gasteiger partial charge in [-0.25, -0.2) is 0 Å². The molecule has 0 amide bonds. The van der Waals surface area contributed by atoms with Crippen molar-refractivity contribution in [3.8, 4) is 39.6 Å². The van der Waals surface area contributed by atoms with Gasteiger partial charge >= 0.3 is 0 Å². The second kappa shape index (κ2) is 9.09. The van der Waals surface area contributed by atoms with Crippen LogP contribution in [0.5, 0.6) is 0 Å². The minimum Gasteiger partial charge on any atom is -0.275 e. The Labute approximate surface area is 194 Å². The summed E-state index contributed by atoms with van der Waals surface area (Å²) in [6, 6.07) is 37.6. The zero-order valence-corrected chi connectivity index (χ0v) is 18.6. The molecule has 0 aliphatic heterocycles. The van der Waals surface area contributed by atoms with Crippen molar-refractivity contribution in [3.63, 3.8) is 0 Å². The summed E-state index contributed by atoms with van der Waals surface area (Å²) in [5, 5.41) is 9.22. The van der Waals surface area contributed by atoms with E-state index < -0.39 is 0 Å². The minimum absolute atomic E-state index is 0.817. The first-order chi connectivity index (χ1) is 16.2. The lowest BCUT2D eigenvalue weighted by Gasteiger charge is -2.12. The van der Waals surface area contributed by atoms with E-state index in [4.69, 9.17) is 0 Å².